The van der Waals surface area contributed by atoms with Crippen LogP contribution in [0.3, 0.4) is 0 Å². The molecule has 1 aromatic heterocycles. The first-order valence-corrected chi connectivity index (χ1v) is 9.99. The molecule has 0 saturated heterocycles. The van der Waals surface area contributed by atoms with Crippen molar-refractivity contribution in [2.75, 3.05) is 24.3 Å². The first-order chi connectivity index (χ1) is 13.1. The molecule has 0 aliphatic carbocycles. The summed E-state index contributed by atoms with van der Waals surface area (Å²) in [5, 5.41) is 3.59. The minimum absolute atomic E-state index is 0.0258. The van der Waals surface area contributed by atoms with E-state index in [4.69, 9.17) is 9.47 Å². The Bertz CT molecular complexity index is 957. The van der Waals surface area contributed by atoms with E-state index >= 15 is 0 Å². The van der Waals surface area contributed by atoms with Crippen molar-refractivity contribution >= 4 is 23.4 Å². The van der Waals surface area contributed by atoms with Gasteiger partial charge in [-0.25, -0.2) is 4.98 Å². The van der Waals surface area contributed by atoms with Crippen LogP contribution in [-0.4, -0.2) is 34.4 Å². The molecule has 3 heterocycles. The van der Waals surface area contributed by atoms with Gasteiger partial charge in [-0.3, -0.25) is 14.2 Å². The predicted octanol–water partition coefficient (Wildman–Crippen LogP) is 2.56. The summed E-state index contributed by atoms with van der Waals surface area (Å²) in [5.41, 5.74) is 2.13. The number of nitrogens with one attached hydrogen (secondary N) is 1. The number of aryl methyl sites for hydroxylation is 1. The fourth-order valence-corrected chi connectivity index (χ4v) is 4.61. The Balaban J connectivity index is 1.50. The molecular formula is C19H21N3O4S. The summed E-state index contributed by atoms with van der Waals surface area (Å²) in [6.45, 7) is 4.84. The maximum atomic E-state index is 12.8. The van der Waals surface area contributed by atoms with Crippen LogP contribution in [0.25, 0.3) is 0 Å². The Labute approximate surface area is 161 Å². The van der Waals surface area contributed by atoms with Gasteiger partial charge in [-0.05, 0) is 25.5 Å². The van der Waals surface area contributed by atoms with E-state index in [1.807, 2.05) is 13.8 Å². The molecule has 1 atom stereocenters. The lowest BCUT2D eigenvalue weighted by atomic mass is 10.1. The van der Waals surface area contributed by atoms with Crippen molar-refractivity contribution < 1.29 is 14.3 Å². The zero-order chi connectivity index (χ0) is 19.0. The van der Waals surface area contributed by atoms with Crippen molar-refractivity contribution in [3.63, 3.8) is 0 Å². The lowest BCUT2D eigenvalue weighted by molar-refractivity contribution is -0.116. The SMILES string of the molecule is CCc1c(C)nc2n(c1=O)C(CC(=O)Nc1ccc3c(c1)OCCO3)CS2. The van der Waals surface area contributed by atoms with Crippen molar-refractivity contribution in [2.45, 2.75) is 37.9 Å². The van der Waals surface area contributed by atoms with Gasteiger partial charge in [-0.2, -0.15) is 0 Å². The van der Waals surface area contributed by atoms with Crippen molar-refractivity contribution in [3.8, 4) is 11.5 Å². The van der Waals surface area contributed by atoms with E-state index in [0.29, 0.717) is 47.7 Å². The summed E-state index contributed by atoms with van der Waals surface area (Å²) in [5.74, 6) is 1.84. The van der Waals surface area contributed by atoms with Crippen molar-refractivity contribution in [2.24, 2.45) is 0 Å². The Morgan fingerprint density at radius 1 is 1.33 bits per heavy atom. The molecule has 2 aliphatic rings. The third-order valence-corrected chi connectivity index (χ3v) is 5.85. The number of carbonyl (C=O) groups is 1. The number of hydrogen-bond acceptors (Lipinski definition) is 6. The van der Waals surface area contributed by atoms with Crippen molar-refractivity contribution in [3.05, 3.63) is 39.8 Å². The van der Waals surface area contributed by atoms with Gasteiger partial charge in [0.15, 0.2) is 16.7 Å². The van der Waals surface area contributed by atoms with E-state index in [2.05, 4.69) is 10.3 Å². The molecule has 7 nitrogen and oxygen atoms in total. The Kier molecular flexibility index (Phi) is 4.82. The fourth-order valence-electron chi connectivity index (χ4n) is 3.43. The number of aromatic nitrogens is 2. The number of benzene rings is 1. The van der Waals surface area contributed by atoms with E-state index in [0.717, 1.165) is 11.3 Å². The van der Waals surface area contributed by atoms with Crippen LogP contribution < -0.4 is 20.3 Å². The zero-order valence-corrected chi connectivity index (χ0v) is 16.1. The highest BCUT2D eigenvalue weighted by Crippen LogP contribution is 2.34. The Morgan fingerprint density at radius 2 is 2.11 bits per heavy atom. The maximum Gasteiger partial charge on any atom is 0.257 e. The molecule has 1 N–H and O–H groups in total. The first kappa shape index (κ1) is 17.9. The highest BCUT2D eigenvalue weighted by molar-refractivity contribution is 7.99. The second-order valence-electron chi connectivity index (χ2n) is 6.56. The van der Waals surface area contributed by atoms with Gasteiger partial charge in [-0.15, -0.1) is 0 Å². The largest absolute Gasteiger partial charge is 0.486 e. The third-order valence-electron chi connectivity index (χ3n) is 4.75. The molecule has 27 heavy (non-hydrogen) atoms. The van der Waals surface area contributed by atoms with Crippen LogP contribution in [0.15, 0.2) is 28.2 Å². The van der Waals surface area contributed by atoms with Gasteiger partial charge in [0.05, 0.1) is 6.04 Å². The smallest absolute Gasteiger partial charge is 0.257 e. The monoisotopic (exact) mass is 387 g/mol. The van der Waals surface area contributed by atoms with Gasteiger partial charge in [0.2, 0.25) is 5.91 Å². The quantitative estimate of drug-likeness (QED) is 0.812. The van der Waals surface area contributed by atoms with Crippen LogP contribution >= 0.6 is 11.8 Å². The Morgan fingerprint density at radius 3 is 2.89 bits per heavy atom. The summed E-state index contributed by atoms with van der Waals surface area (Å²) in [7, 11) is 0. The van der Waals surface area contributed by atoms with E-state index in [-0.39, 0.29) is 23.9 Å². The number of amides is 1. The predicted molar refractivity (Wildman–Crippen MR) is 103 cm³/mol. The zero-order valence-electron chi connectivity index (χ0n) is 15.3. The lowest BCUT2D eigenvalue weighted by Crippen LogP contribution is -2.30. The second kappa shape index (κ2) is 7.26. The fraction of sp³-hybridized carbons (Fsp3) is 0.421. The molecule has 0 spiro atoms. The molecule has 0 saturated carbocycles. The van der Waals surface area contributed by atoms with Crippen LogP contribution in [-0.2, 0) is 11.2 Å². The highest BCUT2D eigenvalue weighted by Gasteiger charge is 2.29. The number of ether oxygens (including phenoxy) is 2. The van der Waals surface area contributed by atoms with E-state index in [1.54, 1.807) is 22.8 Å². The molecule has 1 aromatic carbocycles. The molecule has 2 aromatic rings. The summed E-state index contributed by atoms with van der Waals surface area (Å²) in [4.78, 5) is 29.9. The van der Waals surface area contributed by atoms with Gasteiger partial charge in [0, 0.05) is 35.2 Å². The van der Waals surface area contributed by atoms with E-state index in [9.17, 15) is 9.59 Å². The first-order valence-electron chi connectivity index (χ1n) is 9.01. The summed E-state index contributed by atoms with van der Waals surface area (Å²) in [6, 6.07) is 5.15. The lowest BCUT2D eigenvalue weighted by Gasteiger charge is -2.19. The van der Waals surface area contributed by atoms with Gasteiger partial charge < -0.3 is 14.8 Å². The van der Waals surface area contributed by atoms with E-state index < -0.39 is 0 Å². The maximum absolute atomic E-state index is 12.8. The minimum Gasteiger partial charge on any atom is -0.486 e. The highest BCUT2D eigenvalue weighted by atomic mass is 32.2. The summed E-state index contributed by atoms with van der Waals surface area (Å²) >= 11 is 1.53. The number of carbonyl (C=O) groups excluding carboxylic acids is 1. The van der Waals surface area contributed by atoms with Gasteiger partial charge in [0.25, 0.3) is 5.56 Å². The molecule has 4 rings (SSSR count). The topological polar surface area (TPSA) is 82.5 Å². The average molecular weight is 387 g/mol. The molecule has 2 aliphatic heterocycles. The standard InChI is InChI=1S/C19H21N3O4S/c1-3-14-11(2)20-19-22(18(14)24)13(10-27-19)9-17(23)21-12-4-5-15-16(8-12)26-7-6-25-15/h4-5,8,13H,3,6-7,9-10H2,1-2H3,(H,21,23). The van der Waals surface area contributed by atoms with Crippen molar-refractivity contribution in [1.82, 2.24) is 9.55 Å². The number of fused-ring (bicyclic) bond motifs is 2. The normalized spacial score (nSPS) is 17.5. The Hall–Kier alpha value is -2.48. The number of rotatable bonds is 4. The third kappa shape index (κ3) is 3.41. The average Bonchev–Trinajstić information content (AvgIpc) is 3.04. The van der Waals surface area contributed by atoms with Gasteiger partial charge in [0.1, 0.15) is 13.2 Å². The minimum atomic E-state index is -0.187. The second-order valence-corrected chi connectivity index (χ2v) is 7.55. The van der Waals surface area contributed by atoms with Crippen LogP contribution in [0.1, 0.15) is 30.6 Å². The molecule has 1 unspecified atom stereocenters. The van der Waals surface area contributed by atoms with Gasteiger partial charge >= 0.3 is 0 Å². The molecule has 8 heteroatoms. The summed E-state index contributed by atoms with van der Waals surface area (Å²) < 4.78 is 12.7. The molecule has 0 bridgehead atoms. The van der Waals surface area contributed by atoms with Crippen LogP contribution in [0.5, 0.6) is 11.5 Å². The van der Waals surface area contributed by atoms with Crippen LogP contribution in [0.4, 0.5) is 5.69 Å². The molecule has 0 fully saturated rings. The van der Waals surface area contributed by atoms with Crippen LogP contribution in [0.2, 0.25) is 0 Å². The van der Waals surface area contributed by atoms with Gasteiger partial charge in [-0.1, -0.05) is 18.7 Å². The van der Waals surface area contributed by atoms with Crippen molar-refractivity contribution in [1.29, 1.82) is 0 Å². The summed E-state index contributed by atoms with van der Waals surface area (Å²) in [6.07, 6.45) is 0.862. The molecule has 0 radical (unpaired) electrons. The van der Waals surface area contributed by atoms with Crippen LogP contribution in [0, 0.1) is 6.92 Å². The molecule has 142 valence electrons. The number of nitrogens with zero attached hydrogens (tertiary/aromatic N) is 2. The number of thioether (sulfide) groups is 1. The number of anilines is 1. The van der Waals surface area contributed by atoms with E-state index in [1.165, 1.54) is 11.8 Å². The molecular weight excluding hydrogens is 366 g/mol. The molecule has 1 amide bonds. The number of hydrogen-bond donors (Lipinski definition) is 1.